The van der Waals surface area contributed by atoms with Crippen molar-refractivity contribution in [2.24, 2.45) is 5.41 Å². The van der Waals surface area contributed by atoms with Crippen molar-refractivity contribution in [1.29, 1.82) is 0 Å². The number of aliphatic hydroxyl groups excluding tert-OH is 1. The first-order valence-electron chi connectivity index (χ1n) is 7.11. The van der Waals surface area contributed by atoms with Crippen LogP contribution in [0.1, 0.15) is 36.2 Å². The molecule has 2 aromatic heterocycles. The van der Waals surface area contributed by atoms with Crippen LogP contribution in [0.15, 0.2) is 28.2 Å². The third kappa shape index (κ3) is 3.01. The number of aromatic nitrogens is 1. The van der Waals surface area contributed by atoms with Crippen LogP contribution in [0, 0.1) is 5.41 Å². The summed E-state index contributed by atoms with van der Waals surface area (Å²) < 4.78 is 5.27. The van der Waals surface area contributed by atoms with E-state index < -0.39 is 0 Å². The molecule has 0 atom stereocenters. The van der Waals surface area contributed by atoms with Gasteiger partial charge in [-0.1, -0.05) is 12.8 Å². The van der Waals surface area contributed by atoms with E-state index in [1.165, 1.54) is 11.3 Å². The van der Waals surface area contributed by atoms with Crippen LogP contribution in [-0.4, -0.2) is 29.1 Å². The summed E-state index contributed by atoms with van der Waals surface area (Å²) in [5.74, 6) is 0.477. The van der Waals surface area contributed by atoms with Gasteiger partial charge in [0.1, 0.15) is 5.69 Å². The molecule has 1 fully saturated rings. The molecule has 2 aromatic rings. The van der Waals surface area contributed by atoms with Crippen molar-refractivity contribution in [3.05, 3.63) is 29.5 Å². The van der Waals surface area contributed by atoms with Crippen molar-refractivity contribution in [2.45, 2.75) is 25.7 Å². The summed E-state index contributed by atoms with van der Waals surface area (Å²) in [6.45, 7) is 0.637. The van der Waals surface area contributed by atoms with Gasteiger partial charge < -0.3 is 14.8 Å². The number of nitrogens with one attached hydrogen (secondary N) is 1. The molecule has 0 radical (unpaired) electrons. The number of hydrogen-bond acceptors (Lipinski definition) is 5. The molecule has 1 aliphatic rings. The molecule has 1 saturated carbocycles. The Balaban J connectivity index is 1.63. The van der Waals surface area contributed by atoms with Crippen molar-refractivity contribution < 1.29 is 14.3 Å². The fourth-order valence-electron chi connectivity index (χ4n) is 2.77. The zero-order chi connectivity index (χ0) is 14.7. The predicted molar refractivity (Wildman–Crippen MR) is 80.1 cm³/mol. The second-order valence-corrected chi connectivity index (χ2v) is 6.42. The van der Waals surface area contributed by atoms with Gasteiger partial charge in [0.2, 0.25) is 0 Å². The minimum Gasteiger partial charge on any atom is -0.462 e. The second kappa shape index (κ2) is 5.99. The van der Waals surface area contributed by atoms with Gasteiger partial charge in [0.25, 0.3) is 5.91 Å². The van der Waals surface area contributed by atoms with Crippen molar-refractivity contribution in [3.8, 4) is 10.8 Å². The summed E-state index contributed by atoms with van der Waals surface area (Å²) in [6, 6.07) is 3.61. The third-order valence-corrected chi connectivity index (χ3v) is 4.95. The van der Waals surface area contributed by atoms with Crippen molar-refractivity contribution in [1.82, 2.24) is 10.3 Å². The Hall–Kier alpha value is -1.66. The van der Waals surface area contributed by atoms with Gasteiger partial charge in [0, 0.05) is 17.3 Å². The highest BCUT2D eigenvalue weighted by Gasteiger charge is 2.33. The number of amides is 1. The highest BCUT2D eigenvalue weighted by atomic mass is 32.1. The molecular weight excluding hydrogens is 288 g/mol. The topological polar surface area (TPSA) is 75.4 Å². The number of nitrogens with zero attached hydrogens (tertiary/aromatic N) is 1. The maximum atomic E-state index is 12.2. The molecule has 0 saturated heterocycles. The predicted octanol–water partition coefficient (Wildman–Crippen LogP) is 2.69. The van der Waals surface area contributed by atoms with Crippen molar-refractivity contribution in [2.75, 3.05) is 13.2 Å². The number of furan rings is 1. The van der Waals surface area contributed by atoms with Gasteiger partial charge in [-0.2, -0.15) is 0 Å². The Kier molecular flexibility index (Phi) is 4.07. The minimum absolute atomic E-state index is 0.127. The molecule has 1 aliphatic carbocycles. The molecule has 112 valence electrons. The largest absolute Gasteiger partial charge is 0.462 e. The lowest BCUT2D eigenvalue weighted by Gasteiger charge is -2.26. The fourth-order valence-corrected chi connectivity index (χ4v) is 3.53. The van der Waals surface area contributed by atoms with E-state index in [1.807, 2.05) is 6.07 Å². The SMILES string of the molecule is O=C(NCC1(CO)CCCC1)c1csc(-c2ccco2)n1. The summed E-state index contributed by atoms with van der Waals surface area (Å²) in [6.07, 6.45) is 5.77. The van der Waals surface area contributed by atoms with E-state index in [1.54, 1.807) is 17.7 Å². The maximum Gasteiger partial charge on any atom is 0.270 e. The van der Waals surface area contributed by atoms with Gasteiger partial charge in [0.15, 0.2) is 10.8 Å². The molecule has 5 nitrogen and oxygen atoms in total. The Morgan fingerprint density at radius 1 is 1.48 bits per heavy atom. The van der Waals surface area contributed by atoms with Gasteiger partial charge in [0.05, 0.1) is 12.9 Å². The molecule has 0 bridgehead atoms. The van der Waals surface area contributed by atoms with Crippen LogP contribution in [0.5, 0.6) is 0 Å². The lowest BCUT2D eigenvalue weighted by molar-refractivity contribution is 0.0876. The molecule has 0 spiro atoms. The number of carbonyl (C=O) groups excluding carboxylic acids is 1. The fraction of sp³-hybridized carbons (Fsp3) is 0.467. The van der Waals surface area contributed by atoms with Crippen LogP contribution in [0.2, 0.25) is 0 Å². The van der Waals surface area contributed by atoms with Crippen LogP contribution in [0.3, 0.4) is 0 Å². The summed E-state index contributed by atoms with van der Waals surface area (Å²) in [7, 11) is 0. The van der Waals surface area contributed by atoms with E-state index in [2.05, 4.69) is 10.3 Å². The molecule has 6 heteroatoms. The number of hydrogen-bond donors (Lipinski definition) is 2. The van der Waals surface area contributed by atoms with Crippen LogP contribution >= 0.6 is 11.3 Å². The Labute approximate surface area is 127 Å². The Bertz CT molecular complexity index is 600. The average Bonchev–Trinajstić information content (AvgIpc) is 3.25. The van der Waals surface area contributed by atoms with Crippen LogP contribution in [0.4, 0.5) is 0 Å². The zero-order valence-electron chi connectivity index (χ0n) is 11.7. The first-order chi connectivity index (χ1) is 10.2. The Morgan fingerprint density at radius 2 is 2.29 bits per heavy atom. The summed E-state index contributed by atoms with van der Waals surface area (Å²) in [4.78, 5) is 16.5. The van der Waals surface area contributed by atoms with Gasteiger partial charge in [-0.05, 0) is 25.0 Å². The number of aliphatic hydroxyl groups is 1. The molecule has 0 unspecified atom stereocenters. The maximum absolute atomic E-state index is 12.2. The van der Waals surface area contributed by atoms with E-state index in [0.29, 0.717) is 23.0 Å². The van der Waals surface area contributed by atoms with Gasteiger partial charge in [-0.15, -0.1) is 11.3 Å². The summed E-state index contributed by atoms with van der Waals surface area (Å²) >= 11 is 1.38. The molecule has 2 heterocycles. The average molecular weight is 306 g/mol. The van der Waals surface area contributed by atoms with Crippen molar-refractivity contribution >= 4 is 17.2 Å². The monoisotopic (exact) mass is 306 g/mol. The smallest absolute Gasteiger partial charge is 0.270 e. The lowest BCUT2D eigenvalue weighted by atomic mass is 9.87. The molecule has 1 amide bonds. The summed E-state index contributed by atoms with van der Waals surface area (Å²) in [5.41, 5.74) is 0.257. The van der Waals surface area contributed by atoms with Gasteiger partial charge in [-0.25, -0.2) is 4.98 Å². The lowest BCUT2D eigenvalue weighted by Crippen LogP contribution is -2.38. The van der Waals surface area contributed by atoms with E-state index in [4.69, 9.17) is 4.42 Å². The molecular formula is C15H18N2O3S. The number of carbonyl (C=O) groups is 1. The van der Waals surface area contributed by atoms with Crippen LogP contribution < -0.4 is 5.32 Å². The normalized spacial score (nSPS) is 17.0. The van der Waals surface area contributed by atoms with E-state index in [0.717, 1.165) is 25.7 Å². The van der Waals surface area contributed by atoms with Gasteiger partial charge in [-0.3, -0.25) is 4.79 Å². The molecule has 3 rings (SSSR count). The standard InChI is InChI=1S/C15H18N2O3S/c18-10-15(5-1-2-6-15)9-16-13(19)11-8-21-14(17-11)12-4-3-7-20-12/h3-4,7-8,18H,1-2,5-6,9-10H2,(H,16,19). The van der Waals surface area contributed by atoms with Crippen molar-refractivity contribution in [3.63, 3.8) is 0 Å². The van der Waals surface area contributed by atoms with Crippen LogP contribution in [0.25, 0.3) is 10.8 Å². The van der Waals surface area contributed by atoms with Gasteiger partial charge >= 0.3 is 0 Å². The first kappa shape index (κ1) is 14.3. The highest BCUT2D eigenvalue weighted by molar-refractivity contribution is 7.13. The number of rotatable bonds is 5. The molecule has 21 heavy (non-hydrogen) atoms. The third-order valence-electron chi connectivity index (χ3n) is 4.09. The van der Waals surface area contributed by atoms with E-state index >= 15 is 0 Å². The molecule has 0 aliphatic heterocycles. The quantitative estimate of drug-likeness (QED) is 0.890. The van der Waals surface area contributed by atoms with E-state index in [-0.39, 0.29) is 17.9 Å². The second-order valence-electron chi connectivity index (χ2n) is 5.56. The summed E-state index contributed by atoms with van der Waals surface area (Å²) in [5, 5.41) is 14.9. The zero-order valence-corrected chi connectivity index (χ0v) is 12.5. The van der Waals surface area contributed by atoms with E-state index in [9.17, 15) is 9.90 Å². The molecule has 2 N–H and O–H groups in total. The Morgan fingerprint density at radius 3 is 2.95 bits per heavy atom. The highest BCUT2D eigenvalue weighted by Crippen LogP contribution is 2.37. The number of thiazole rings is 1. The molecule has 0 aromatic carbocycles. The minimum atomic E-state index is -0.191. The first-order valence-corrected chi connectivity index (χ1v) is 7.99. The van der Waals surface area contributed by atoms with Crippen LogP contribution in [-0.2, 0) is 0 Å².